The van der Waals surface area contributed by atoms with Crippen molar-refractivity contribution in [3.8, 4) is 0 Å². The van der Waals surface area contributed by atoms with Gasteiger partial charge in [0.1, 0.15) is 5.82 Å². The molecule has 0 radical (unpaired) electrons. The molecular formula is C18H25ClFN5. The zero-order valence-corrected chi connectivity index (χ0v) is 15.9. The maximum absolute atomic E-state index is 13.2. The van der Waals surface area contributed by atoms with Crippen LogP contribution in [0.5, 0.6) is 0 Å². The van der Waals surface area contributed by atoms with Gasteiger partial charge in [0.05, 0.1) is 12.7 Å². The van der Waals surface area contributed by atoms with Gasteiger partial charge >= 0.3 is 0 Å². The van der Waals surface area contributed by atoms with Crippen LogP contribution in [0, 0.1) is 12.7 Å². The normalized spacial score (nSPS) is 12.3. The van der Waals surface area contributed by atoms with Crippen LogP contribution in [0.2, 0.25) is 5.02 Å². The lowest BCUT2D eigenvalue weighted by Crippen LogP contribution is -2.44. The molecule has 2 rings (SSSR count). The second-order valence-corrected chi connectivity index (χ2v) is 7.05. The third-order valence-electron chi connectivity index (χ3n) is 3.98. The van der Waals surface area contributed by atoms with Gasteiger partial charge in [-0.05, 0) is 30.2 Å². The average molecular weight is 366 g/mol. The molecule has 1 heterocycles. The third kappa shape index (κ3) is 5.46. The van der Waals surface area contributed by atoms with E-state index in [-0.39, 0.29) is 11.2 Å². The zero-order valence-electron chi connectivity index (χ0n) is 15.1. The Balaban J connectivity index is 1.88. The first kappa shape index (κ1) is 19.2. The van der Waals surface area contributed by atoms with E-state index in [2.05, 4.69) is 34.6 Å². The summed E-state index contributed by atoms with van der Waals surface area (Å²) >= 11 is 6.19. The average Bonchev–Trinajstić information content (AvgIpc) is 2.95. The summed E-state index contributed by atoms with van der Waals surface area (Å²) in [5.74, 6) is 0.374. The second-order valence-electron chi connectivity index (χ2n) is 6.64. The monoisotopic (exact) mass is 365 g/mol. The molecule has 0 aliphatic heterocycles. The molecule has 0 saturated heterocycles. The van der Waals surface area contributed by atoms with Crippen molar-refractivity contribution in [1.29, 1.82) is 0 Å². The maximum Gasteiger partial charge on any atom is 0.191 e. The smallest absolute Gasteiger partial charge is 0.191 e. The summed E-state index contributed by atoms with van der Waals surface area (Å²) in [5.41, 5.74) is 1.76. The Morgan fingerprint density at radius 3 is 2.72 bits per heavy atom. The number of aromatic nitrogens is 2. The summed E-state index contributed by atoms with van der Waals surface area (Å²) in [6.07, 6.45) is 3.83. The van der Waals surface area contributed by atoms with E-state index in [0.29, 0.717) is 24.1 Å². The van der Waals surface area contributed by atoms with Crippen LogP contribution < -0.4 is 10.6 Å². The van der Waals surface area contributed by atoms with Crippen LogP contribution >= 0.6 is 11.6 Å². The molecule has 0 aliphatic rings. The van der Waals surface area contributed by atoms with Gasteiger partial charge in [0, 0.05) is 36.8 Å². The highest BCUT2D eigenvalue weighted by Gasteiger charge is 2.24. The lowest BCUT2D eigenvalue weighted by Gasteiger charge is -2.27. The maximum atomic E-state index is 13.2. The Kier molecular flexibility index (Phi) is 6.42. The predicted octanol–water partition coefficient (Wildman–Crippen LogP) is 3.13. The van der Waals surface area contributed by atoms with Gasteiger partial charge in [0.25, 0.3) is 0 Å². The molecule has 0 aliphatic carbocycles. The molecule has 0 spiro atoms. The summed E-state index contributed by atoms with van der Waals surface area (Å²) in [6, 6.07) is 4.51. The number of nitrogens with one attached hydrogen (secondary N) is 2. The number of nitrogens with zero attached hydrogens (tertiary/aromatic N) is 3. The molecule has 1 aromatic heterocycles. The van der Waals surface area contributed by atoms with E-state index in [1.165, 1.54) is 12.1 Å². The van der Waals surface area contributed by atoms with Crippen molar-refractivity contribution in [2.75, 3.05) is 20.1 Å². The van der Waals surface area contributed by atoms with Crippen LogP contribution in [0.25, 0.3) is 0 Å². The molecule has 136 valence electrons. The molecule has 25 heavy (non-hydrogen) atoms. The quantitative estimate of drug-likeness (QED) is 0.611. The summed E-state index contributed by atoms with van der Waals surface area (Å²) in [5, 5.41) is 11.2. The minimum absolute atomic E-state index is 0.276. The topological polar surface area (TPSA) is 54.2 Å². The van der Waals surface area contributed by atoms with Crippen molar-refractivity contribution in [2.24, 2.45) is 4.99 Å². The summed E-state index contributed by atoms with van der Waals surface area (Å²) in [4.78, 5) is 4.23. The Hall–Kier alpha value is -2.08. The highest BCUT2D eigenvalue weighted by atomic mass is 35.5. The first-order valence-corrected chi connectivity index (χ1v) is 8.59. The first-order valence-electron chi connectivity index (χ1n) is 8.21. The predicted molar refractivity (Wildman–Crippen MR) is 101 cm³/mol. The van der Waals surface area contributed by atoms with E-state index in [1.54, 1.807) is 13.1 Å². The third-order valence-corrected chi connectivity index (χ3v) is 4.29. The number of halogens is 2. The van der Waals surface area contributed by atoms with Gasteiger partial charge in [-0.2, -0.15) is 5.10 Å². The standard InChI is InChI=1S/C18H25ClFN5/c1-13-10-24-25(11-13)8-7-22-17(21-4)23-12-18(2,3)15-6-5-14(20)9-16(15)19/h5-6,9-11H,7-8,12H2,1-4H3,(H2,21,22,23). The van der Waals surface area contributed by atoms with Crippen LogP contribution in [0.15, 0.2) is 35.6 Å². The highest BCUT2D eigenvalue weighted by molar-refractivity contribution is 6.31. The molecule has 5 nitrogen and oxygen atoms in total. The second kappa shape index (κ2) is 8.34. The van der Waals surface area contributed by atoms with Crippen molar-refractivity contribution in [1.82, 2.24) is 20.4 Å². The van der Waals surface area contributed by atoms with Gasteiger partial charge in [-0.3, -0.25) is 9.67 Å². The van der Waals surface area contributed by atoms with Crippen molar-refractivity contribution in [2.45, 2.75) is 32.7 Å². The Labute approximate surface area is 153 Å². The van der Waals surface area contributed by atoms with Gasteiger partial charge in [-0.1, -0.05) is 31.5 Å². The van der Waals surface area contributed by atoms with Crippen molar-refractivity contribution in [3.05, 3.63) is 52.6 Å². The van der Waals surface area contributed by atoms with E-state index < -0.39 is 0 Å². The minimum atomic E-state index is -0.330. The summed E-state index contributed by atoms with van der Waals surface area (Å²) in [6.45, 7) is 8.19. The van der Waals surface area contributed by atoms with E-state index >= 15 is 0 Å². The molecule has 2 N–H and O–H groups in total. The fraction of sp³-hybridized carbons (Fsp3) is 0.444. The Bertz CT molecular complexity index is 739. The van der Waals surface area contributed by atoms with Crippen molar-refractivity contribution >= 4 is 17.6 Å². The zero-order chi connectivity index (χ0) is 18.4. The molecule has 0 saturated carbocycles. The molecule has 0 fully saturated rings. The highest BCUT2D eigenvalue weighted by Crippen LogP contribution is 2.29. The molecule has 7 heteroatoms. The summed E-state index contributed by atoms with van der Waals surface area (Å²) in [7, 11) is 1.73. The van der Waals surface area contributed by atoms with Crippen LogP contribution in [0.4, 0.5) is 4.39 Å². The van der Waals surface area contributed by atoms with Crippen LogP contribution in [-0.4, -0.2) is 35.9 Å². The number of aliphatic imine (C=N–C) groups is 1. The SMILES string of the molecule is CN=C(NCCn1cc(C)cn1)NCC(C)(C)c1ccc(F)cc1Cl. The van der Waals surface area contributed by atoms with Gasteiger partial charge < -0.3 is 10.6 Å². The number of aryl methyl sites for hydroxylation is 1. The fourth-order valence-electron chi connectivity index (χ4n) is 2.54. The van der Waals surface area contributed by atoms with Crippen LogP contribution in [-0.2, 0) is 12.0 Å². The number of hydrogen-bond acceptors (Lipinski definition) is 2. The van der Waals surface area contributed by atoms with Gasteiger partial charge in [-0.25, -0.2) is 4.39 Å². The van der Waals surface area contributed by atoms with E-state index in [0.717, 1.165) is 17.7 Å². The Morgan fingerprint density at radius 2 is 2.12 bits per heavy atom. The summed E-state index contributed by atoms with van der Waals surface area (Å²) < 4.78 is 15.1. The largest absolute Gasteiger partial charge is 0.356 e. The van der Waals surface area contributed by atoms with Gasteiger partial charge in [0.15, 0.2) is 5.96 Å². The molecule has 0 amide bonds. The van der Waals surface area contributed by atoms with E-state index in [4.69, 9.17) is 11.6 Å². The lowest BCUT2D eigenvalue weighted by atomic mass is 9.84. The van der Waals surface area contributed by atoms with Gasteiger partial charge in [0.2, 0.25) is 0 Å². The fourth-order valence-corrected chi connectivity index (χ4v) is 2.96. The Morgan fingerprint density at radius 1 is 1.36 bits per heavy atom. The van der Waals surface area contributed by atoms with Gasteiger partial charge in [-0.15, -0.1) is 0 Å². The van der Waals surface area contributed by atoms with E-state index in [9.17, 15) is 4.39 Å². The molecule has 0 atom stereocenters. The van der Waals surface area contributed by atoms with Crippen molar-refractivity contribution in [3.63, 3.8) is 0 Å². The molecular weight excluding hydrogens is 341 g/mol. The number of benzene rings is 1. The molecule has 1 aromatic carbocycles. The van der Waals surface area contributed by atoms with Crippen molar-refractivity contribution < 1.29 is 4.39 Å². The van der Waals surface area contributed by atoms with Crippen LogP contribution in [0.3, 0.4) is 0 Å². The van der Waals surface area contributed by atoms with Crippen LogP contribution in [0.1, 0.15) is 25.0 Å². The number of rotatable bonds is 6. The first-order chi connectivity index (χ1) is 11.8. The lowest BCUT2D eigenvalue weighted by molar-refractivity contribution is 0.505. The number of guanidine groups is 1. The molecule has 0 unspecified atom stereocenters. The molecule has 2 aromatic rings. The molecule has 0 bridgehead atoms. The minimum Gasteiger partial charge on any atom is -0.356 e. The number of hydrogen-bond donors (Lipinski definition) is 2. The van der Waals surface area contributed by atoms with E-state index in [1.807, 2.05) is 24.0 Å².